The van der Waals surface area contributed by atoms with E-state index in [-0.39, 0.29) is 6.04 Å². The number of hydrogen-bond acceptors (Lipinski definition) is 3. The molecule has 0 saturated heterocycles. The average Bonchev–Trinajstić information content (AvgIpc) is 2.90. The Morgan fingerprint density at radius 3 is 2.94 bits per heavy atom. The molecular weight excluding hydrogens is 200 g/mol. The van der Waals surface area contributed by atoms with E-state index in [2.05, 4.69) is 21.9 Å². The molecule has 0 aliphatic heterocycles. The third-order valence-corrected chi connectivity index (χ3v) is 3.95. The lowest BCUT2D eigenvalue weighted by Crippen LogP contribution is -2.34. The molecule has 3 atom stereocenters. The fourth-order valence-electron chi connectivity index (χ4n) is 2.89. The van der Waals surface area contributed by atoms with Crippen LogP contribution in [0, 0.1) is 11.8 Å². The van der Waals surface area contributed by atoms with Crippen LogP contribution in [-0.2, 0) is 7.05 Å². The zero-order valence-electron chi connectivity index (χ0n) is 10.2. The van der Waals surface area contributed by atoms with Crippen molar-refractivity contribution in [2.24, 2.45) is 24.7 Å². The van der Waals surface area contributed by atoms with Crippen molar-refractivity contribution in [1.29, 1.82) is 0 Å². The molecule has 0 radical (unpaired) electrons. The first-order valence-electron chi connectivity index (χ1n) is 6.19. The largest absolute Gasteiger partial charge is 0.337 e. The number of imidazole rings is 1. The fourth-order valence-corrected chi connectivity index (χ4v) is 2.89. The molecule has 1 aliphatic carbocycles. The molecular formula is C12H22N4. The minimum atomic E-state index is 0.205. The van der Waals surface area contributed by atoms with E-state index in [0.29, 0.717) is 5.92 Å². The molecule has 0 amide bonds. The summed E-state index contributed by atoms with van der Waals surface area (Å²) in [5, 5.41) is 0. The standard InChI is InChI=1S/C12H22N4/c1-3-9-4-5-10(8-9)11(15-13)12-14-6-7-16(12)2/h6-7,9-11,15H,3-5,8,13H2,1-2H3. The van der Waals surface area contributed by atoms with Gasteiger partial charge in [-0.1, -0.05) is 19.8 Å². The average molecular weight is 222 g/mol. The van der Waals surface area contributed by atoms with Crippen LogP contribution in [0.25, 0.3) is 0 Å². The summed E-state index contributed by atoms with van der Waals surface area (Å²) in [5.74, 6) is 8.27. The van der Waals surface area contributed by atoms with Gasteiger partial charge in [0, 0.05) is 19.4 Å². The molecule has 1 aromatic heterocycles. The predicted molar refractivity (Wildman–Crippen MR) is 64.4 cm³/mol. The van der Waals surface area contributed by atoms with Crippen LogP contribution in [0.4, 0.5) is 0 Å². The molecule has 3 unspecified atom stereocenters. The summed E-state index contributed by atoms with van der Waals surface area (Å²) in [6, 6.07) is 0.205. The highest BCUT2D eigenvalue weighted by Crippen LogP contribution is 2.39. The van der Waals surface area contributed by atoms with Gasteiger partial charge in [-0.15, -0.1) is 0 Å². The molecule has 4 nitrogen and oxygen atoms in total. The van der Waals surface area contributed by atoms with E-state index in [0.717, 1.165) is 11.7 Å². The van der Waals surface area contributed by atoms with E-state index in [1.54, 1.807) is 0 Å². The van der Waals surface area contributed by atoms with E-state index in [9.17, 15) is 0 Å². The molecule has 16 heavy (non-hydrogen) atoms. The van der Waals surface area contributed by atoms with E-state index >= 15 is 0 Å². The first-order chi connectivity index (χ1) is 7.76. The lowest BCUT2D eigenvalue weighted by molar-refractivity contribution is 0.339. The Labute approximate surface area is 97.2 Å². The minimum Gasteiger partial charge on any atom is -0.337 e. The zero-order valence-corrected chi connectivity index (χ0v) is 10.2. The van der Waals surface area contributed by atoms with Gasteiger partial charge >= 0.3 is 0 Å². The molecule has 0 bridgehead atoms. The van der Waals surface area contributed by atoms with Crippen molar-refractivity contribution in [2.45, 2.75) is 38.6 Å². The van der Waals surface area contributed by atoms with Gasteiger partial charge in [0.2, 0.25) is 0 Å². The Morgan fingerprint density at radius 2 is 2.44 bits per heavy atom. The molecule has 1 aromatic rings. The number of hydrazine groups is 1. The van der Waals surface area contributed by atoms with Crippen LogP contribution < -0.4 is 11.3 Å². The molecule has 1 fully saturated rings. The maximum atomic E-state index is 5.70. The van der Waals surface area contributed by atoms with Gasteiger partial charge < -0.3 is 4.57 Å². The molecule has 0 aromatic carbocycles. The Kier molecular flexibility index (Phi) is 3.61. The maximum Gasteiger partial charge on any atom is 0.127 e. The minimum absolute atomic E-state index is 0.205. The van der Waals surface area contributed by atoms with E-state index in [4.69, 9.17) is 5.84 Å². The molecule has 1 saturated carbocycles. The molecule has 2 rings (SSSR count). The van der Waals surface area contributed by atoms with Crippen LogP contribution in [-0.4, -0.2) is 9.55 Å². The Morgan fingerprint density at radius 1 is 1.62 bits per heavy atom. The number of nitrogens with one attached hydrogen (secondary N) is 1. The van der Waals surface area contributed by atoms with Crippen LogP contribution >= 0.6 is 0 Å². The van der Waals surface area contributed by atoms with Crippen molar-refractivity contribution in [3.8, 4) is 0 Å². The van der Waals surface area contributed by atoms with Crippen molar-refractivity contribution < 1.29 is 0 Å². The summed E-state index contributed by atoms with van der Waals surface area (Å²) in [7, 11) is 2.03. The van der Waals surface area contributed by atoms with Crippen molar-refractivity contribution in [3.63, 3.8) is 0 Å². The van der Waals surface area contributed by atoms with E-state index in [1.165, 1.54) is 25.7 Å². The fraction of sp³-hybridized carbons (Fsp3) is 0.750. The molecule has 1 heterocycles. The summed E-state index contributed by atoms with van der Waals surface area (Å²) in [6.07, 6.45) is 8.98. The van der Waals surface area contributed by atoms with Crippen LogP contribution in [0.1, 0.15) is 44.5 Å². The first kappa shape index (κ1) is 11.6. The number of nitrogens with two attached hydrogens (primary N) is 1. The summed E-state index contributed by atoms with van der Waals surface area (Å²) in [6.45, 7) is 2.28. The lowest BCUT2D eigenvalue weighted by Gasteiger charge is -2.22. The molecule has 3 N–H and O–H groups in total. The molecule has 90 valence electrons. The number of hydrogen-bond donors (Lipinski definition) is 2. The monoisotopic (exact) mass is 222 g/mol. The van der Waals surface area contributed by atoms with Crippen molar-refractivity contribution in [1.82, 2.24) is 15.0 Å². The lowest BCUT2D eigenvalue weighted by atomic mass is 9.95. The Balaban J connectivity index is 2.09. The van der Waals surface area contributed by atoms with Crippen LogP contribution in [0.2, 0.25) is 0 Å². The maximum absolute atomic E-state index is 5.70. The van der Waals surface area contributed by atoms with Gasteiger partial charge in [-0.3, -0.25) is 5.84 Å². The van der Waals surface area contributed by atoms with Gasteiger partial charge in [-0.25, -0.2) is 10.4 Å². The Bertz CT molecular complexity index is 334. The highest BCUT2D eigenvalue weighted by atomic mass is 15.3. The number of aromatic nitrogens is 2. The second kappa shape index (κ2) is 4.97. The highest BCUT2D eigenvalue weighted by molar-refractivity contribution is 5.02. The summed E-state index contributed by atoms with van der Waals surface area (Å²) in [4.78, 5) is 4.40. The third kappa shape index (κ3) is 2.13. The summed E-state index contributed by atoms with van der Waals surface area (Å²) < 4.78 is 2.06. The second-order valence-electron chi connectivity index (χ2n) is 4.89. The topological polar surface area (TPSA) is 55.9 Å². The first-order valence-corrected chi connectivity index (χ1v) is 6.19. The van der Waals surface area contributed by atoms with Gasteiger partial charge in [0.05, 0.1) is 6.04 Å². The molecule has 1 aliphatic rings. The quantitative estimate of drug-likeness (QED) is 0.603. The molecule has 4 heteroatoms. The van der Waals surface area contributed by atoms with Gasteiger partial charge in [-0.2, -0.15) is 0 Å². The van der Waals surface area contributed by atoms with Crippen molar-refractivity contribution in [2.75, 3.05) is 0 Å². The highest BCUT2D eigenvalue weighted by Gasteiger charge is 2.32. The third-order valence-electron chi connectivity index (χ3n) is 3.95. The molecule has 0 spiro atoms. The predicted octanol–water partition coefficient (Wildman–Crippen LogP) is 1.75. The number of aryl methyl sites for hydroxylation is 1. The number of nitrogens with zero attached hydrogens (tertiary/aromatic N) is 2. The summed E-state index contributed by atoms with van der Waals surface area (Å²) >= 11 is 0. The van der Waals surface area contributed by atoms with E-state index < -0.39 is 0 Å². The van der Waals surface area contributed by atoms with E-state index in [1.807, 2.05) is 19.4 Å². The summed E-state index contributed by atoms with van der Waals surface area (Å²) in [5.41, 5.74) is 2.95. The van der Waals surface area contributed by atoms with Crippen molar-refractivity contribution >= 4 is 0 Å². The smallest absolute Gasteiger partial charge is 0.127 e. The second-order valence-corrected chi connectivity index (χ2v) is 4.89. The van der Waals surface area contributed by atoms with Gasteiger partial charge in [0.1, 0.15) is 5.82 Å². The van der Waals surface area contributed by atoms with Crippen LogP contribution in [0.3, 0.4) is 0 Å². The van der Waals surface area contributed by atoms with Crippen LogP contribution in [0.15, 0.2) is 12.4 Å². The zero-order chi connectivity index (χ0) is 11.5. The Hall–Kier alpha value is -0.870. The van der Waals surface area contributed by atoms with Crippen molar-refractivity contribution in [3.05, 3.63) is 18.2 Å². The normalized spacial score (nSPS) is 27.2. The number of rotatable bonds is 4. The SMILES string of the molecule is CCC1CCC(C(NN)c2nccn2C)C1. The van der Waals surface area contributed by atoms with Gasteiger partial charge in [0.25, 0.3) is 0 Å². The van der Waals surface area contributed by atoms with Gasteiger partial charge in [0.15, 0.2) is 0 Å². The van der Waals surface area contributed by atoms with Gasteiger partial charge in [-0.05, 0) is 24.7 Å². The van der Waals surface area contributed by atoms with Crippen LogP contribution in [0.5, 0.6) is 0 Å².